The molecular weight excluding hydrogens is 273 g/mol. The second-order valence-corrected chi connectivity index (χ2v) is 4.09. The van der Waals surface area contributed by atoms with Crippen molar-refractivity contribution in [1.82, 2.24) is 4.98 Å². The summed E-state index contributed by atoms with van der Waals surface area (Å²) in [5.41, 5.74) is 6.77. The standard InChI is InChI=1S/C11H9BrFN3/c12-10-5-8(14)6-15-11(10)16-9-3-1-2-7(13)4-9/h1-6H,14H2,(H,15,16). The third-order valence-electron chi connectivity index (χ3n) is 1.95. The highest BCUT2D eigenvalue weighted by Gasteiger charge is 2.02. The van der Waals surface area contributed by atoms with E-state index in [1.807, 2.05) is 0 Å². The minimum Gasteiger partial charge on any atom is -0.397 e. The van der Waals surface area contributed by atoms with E-state index < -0.39 is 0 Å². The smallest absolute Gasteiger partial charge is 0.144 e. The molecule has 2 rings (SSSR count). The van der Waals surface area contributed by atoms with Gasteiger partial charge in [-0.3, -0.25) is 0 Å². The highest BCUT2D eigenvalue weighted by Crippen LogP contribution is 2.25. The molecule has 1 aromatic heterocycles. The Labute approximate surface area is 101 Å². The lowest BCUT2D eigenvalue weighted by molar-refractivity contribution is 0.628. The van der Waals surface area contributed by atoms with Crippen LogP contribution in [0.4, 0.5) is 21.6 Å². The molecule has 0 saturated carbocycles. The number of aromatic nitrogens is 1. The number of nitrogens with one attached hydrogen (secondary N) is 1. The third-order valence-corrected chi connectivity index (χ3v) is 2.55. The number of nitrogens with zero attached hydrogens (tertiary/aromatic N) is 1. The van der Waals surface area contributed by atoms with E-state index >= 15 is 0 Å². The molecule has 0 radical (unpaired) electrons. The lowest BCUT2D eigenvalue weighted by atomic mass is 10.3. The molecule has 5 heteroatoms. The van der Waals surface area contributed by atoms with E-state index in [9.17, 15) is 4.39 Å². The quantitative estimate of drug-likeness (QED) is 0.888. The van der Waals surface area contributed by atoms with Crippen molar-refractivity contribution in [3.63, 3.8) is 0 Å². The molecule has 0 unspecified atom stereocenters. The first kappa shape index (κ1) is 10.9. The summed E-state index contributed by atoms with van der Waals surface area (Å²) in [7, 11) is 0. The zero-order chi connectivity index (χ0) is 11.5. The molecule has 0 spiro atoms. The van der Waals surface area contributed by atoms with Crippen molar-refractivity contribution < 1.29 is 4.39 Å². The van der Waals surface area contributed by atoms with Crippen LogP contribution in [-0.4, -0.2) is 4.98 Å². The summed E-state index contributed by atoms with van der Waals surface area (Å²) in [4.78, 5) is 4.10. The van der Waals surface area contributed by atoms with Crippen molar-refractivity contribution in [2.24, 2.45) is 0 Å². The Balaban J connectivity index is 2.27. The molecule has 0 bridgehead atoms. The number of anilines is 3. The predicted octanol–water partition coefficient (Wildman–Crippen LogP) is 3.31. The van der Waals surface area contributed by atoms with E-state index in [2.05, 4.69) is 26.2 Å². The molecular formula is C11H9BrFN3. The van der Waals surface area contributed by atoms with Crippen LogP contribution in [0.5, 0.6) is 0 Å². The van der Waals surface area contributed by atoms with Crippen LogP contribution < -0.4 is 11.1 Å². The van der Waals surface area contributed by atoms with Gasteiger partial charge in [-0.25, -0.2) is 9.37 Å². The Hall–Kier alpha value is -1.62. The predicted molar refractivity (Wildman–Crippen MR) is 66.0 cm³/mol. The molecule has 1 heterocycles. The van der Waals surface area contributed by atoms with Gasteiger partial charge in [-0.05, 0) is 40.2 Å². The summed E-state index contributed by atoms with van der Waals surface area (Å²) in [6.07, 6.45) is 1.53. The molecule has 3 N–H and O–H groups in total. The van der Waals surface area contributed by atoms with Gasteiger partial charge < -0.3 is 11.1 Å². The first-order chi connectivity index (χ1) is 7.65. The second kappa shape index (κ2) is 4.49. The maximum atomic E-state index is 12.9. The summed E-state index contributed by atoms with van der Waals surface area (Å²) < 4.78 is 13.7. The lowest BCUT2D eigenvalue weighted by Crippen LogP contribution is -1.96. The van der Waals surface area contributed by atoms with Gasteiger partial charge in [-0.1, -0.05) is 6.07 Å². The SMILES string of the molecule is Nc1cnc(Nc2cccc(F)c2)c(Br)c1. The van der Waals surface area contributed by atoms with E-state index in [0.717, 1.165) is 4.47 Å². The average molecular weight is 282 g/mol. The number of benzene rings is 1. The van der Waals surface area contributed by atoms with E-state index in [4.69, 9.17) is 5.73 Å². The molecule has 0 aliphatic heterocycles. The minimum atomic E-state index is -0.295. The summed E-state index contributed by atoms with van der Waals surface area (Å²) >= 11 is 3.32. The van der Waals surface area contributed by atoms with Crippen molar-refractivity contribution in [3.8, 4) is 0 Å². The second-order valence-electron chi connectivity index (χ2n) is 3.23. The molecule has 0 aliphatic carbocycles. The van der Waals surface area contributed by atoms with Gasteiger partial charge in [-0.2, -0.15) is 0 Å². The van der Waals surface area contributed by atoms with Crippen LogP contribution in [0.3, 0.4) is 0 Å². The maximum Gasteiger partial charge on any atom is 0.144 e. The average Bonchev–Trinajstić information content (AvgIpc) is 2.22. The molecule has 82 valence electrons. The van der Waals surface area contributed by atoms with Crippen LogP contribution in [0.2, 0.25) is 0 Å². The van der Waals surface area contributed by atoms with Crippen molar-refractivity contribution in [3.05, 3.63) is 46.8 Å². The van der Waals surface area contributed by atoms with Crippen LogP contribution in [0, 0.1) is 5.82 Å². The number of hydrogen-bond donors (Lipinski definition) is 2. The minimum absolute atomic E-state index is 0.295. The number of nitrogen functional groups attached to an aromatic ring is 1. The van der Waals surface area contributed by atoms with Crippen molar-refractivity contribution in [2.75, 3.05) is 11.1 Å². The van der Waals surface area contributed by atoms with E-state index in [0.29, 0.717) is 17.2 Å². The van der Waals surface area contributed by atoms with Crippen molar-refractivity contribution >= 4 is 33.1 Å². The Kier molecular flexibility index (Phi) is 3.05. The summed E-state index contributed by atoms with van der Waals surface area (Å²) in [6, 6.07) is 7.90. The van der Waals surface area contributed by atoms with Gasteiger partial charge in [0, 0.05) is 5.69 Å². The van der Waals surface area contributed by atoms with Crippen molar-refractivity contribution in [2.45, 2.75) is 0 Å². The molecule has 2 aromatic rings. The van der Waals surface area contributed by atoms with Gasteiger partial charge in [0.25, 0.3) is 0 Å². The molecule has 3 nitrogen and oxygen atoms in total. The summed E-state index contributed by atoms with van der Waals surface area (Å²) in [5.74, 6) is 0.302. The number of pyridine rings is 1. The van der Waals surface area contributed by atoms with Crippen LogP contribution in [0.1, 0.15) is 0 Å². The van der Waals surface area contributed by atoms with Crippen LogP contribution >= 0.6 is 15.9 Å². The van der Waals surface area contributed by atoms with Crippen LogP contribution in [0.15, 0.2) is 41.0 Å². The van der Waals surface area contributed by atoms with Gasteiger partial charge in [-0.15, -0.1) is 0 Å². The molecule has 0 fully saturated rings. The zero-order valence-corrected chi connectivity index (χ0v) is 9.83. The zero-order valence-electron chi connectivity index (χ0n) is 8.24. The fourth-order valence-electron chi connectivity index (χ4n) is 1.25. The van der Waals surface area contributed by atoms with E-state index in [-0.39, 0.29) is 5.82 Å². The molecule has 16 heavy (non-hydrogen) atoms. The van der Waals surface area contributed by atoms with Gasteiger partial charge in [0.15, 0.2) is 0 Å². The molecule has 0 amide bonds. The van der Waals surface area contributed by atoms with Gasteiger partial charge in [0.05, 0.1) is 16.4 Å². The highest BCUT2D eigenvalue weighted by molar-refractivity contribution is 9.10. The number of rotatable bonds is 2. The van der Waals surface area contributed by atoms with E-state index in [1.54, 1.807) is 18.2 Å². The third kappa shape index (κ3) is 2.49. The highest BCUT2D eigenvalue weighted by atomic mass is 79.9. The number of nitrogens with two attached hydrogens (primary N) is 1. The van der Waals surface area contributed by atoms with Crippen LogP contribution in [-0.2, 0) is 0 Å². The Morgan fingerprint density at radius 2 is 2.12 bits per heavy atom. The molecule has 0 aliphatic rings. The topological polar surface area (TPSA) is 50.9 Å². The van der Waals surface area contributed by atoms with Crippen LogP contribution in [0.25, 0.3) is 0 Å². The summed E-state index contributed by atoms with van der Waals surface area (Å²) in [6.45, 7) is 0. The molecule has 0 atom stereocenters. The van der Waals surface area contributed by atoms with Crippen molar-refractivity contribution in [1.29, 1.82) is 0 Å². The maximum absolute atomic E-state index is 12.9. The first-order valence-electron chi connectivity index (χ1n) is 4.59. The molecule has 0 saturated heterocycles. The summed E-state index contributed by atoms with van der Waals surface area (Å²) in [5, 5.41) is 2.99. The van der Waals surface area contributed by atoms with Gasteiger partial charge in [0.1, 0.15) is 11.6 Å². The van der Waals surface area contributed by atoms with E-state index in [1.165, 1.54) is 18.3 Å². The largest absolute Gasteiger partial charge is 0.397 e. The Morgan fingerprint density at radius 3 is 2.81 bits per heavy atom. The fraction of sp³-hybridized carbons (Fsp3) is 0. The number of halogens is 2. The van der Waals surface area contributed by atoms with Gasteiger partial charge >= 0.3 is 0 Å². The fourth-order valence-corrected chi connectivity index (χ4v) is 1.71. The number of hydrogen-bond acceptors (Lipinski definition) is 3. The normalized spacial score (nSPS) is 10.1. The first-order valence-corrected chi connectivity index (χ1v) is 5.38. The molecule has 1 aromatic carbocycles. The Bertz CT molecular complexity index is 516. The monoisotopic (exact) mass is 281 g/mol. The lowest BCUT2D eigenvalue weighted by Gasteiger charge is -2.07. The Morgan fingerprint density at radius 1 is 1.31 bits per heavy atom. The van der Waals surface area contributed by atoms with Gasteiger partial charge in [0.2, 0.25) is 0 Å².